The van der Waals surface area contributed by atoms with Gasteiger partial charge in [-0.1, -0.05) is 6.92 Å². The highest BCUT2D eigenvalue weighted by atomic mass is 32.2. The van der Waals surface area contributed by atoms with Gasteiger partial charge in [-0.3, -0.25) is 9.00 Å². The molecule has 1 aromatic heterocycles. The van der Waals surface area contributed by atoms with E-state index in [4.69, 9.17) is 0 Å². The SMILES string of the molecule is CCS(=O)CCn1c(C)cc(C=O)c1C. The molecule has 0 spiro atoms. The molecule has 1 rings (SSSR count). The summed E-state index contributed by atoms with van der Waals surface area (Å²) >= 11 is 0. The largest absolute Gasteiger partial charge is 0.348 e. The van der Waals surface area contributed by atoms with Crippen LogP contribution in [0.15, 0.2) is 6.07 Å². The van der Waals surface area contributed by atoms with E-state index in [0.717, 1.165) is 29.8 Å². The molecule has 0 radical (unpaired) electrons. The summed E-state index contributed by atoms with van der Waals surface area (Å²) in [6, 6.07) is 1.87. The number of aryl methyl sites for hydroxylation is 1. The monoisotopic (exact) mass is 227 g/mol. The van der Waals surface area contributed by atoms with Crippen LogP contribution in [0.4, 0.5) is 0 Å². The molecular weight excluding hydrogens is 210 g/mol. The van der Waals surface area contributed by atoms with Crippen molar-refractivity contribution in [2.24, 2.45) is 0 Å². The van der Waals surface area contributed by atoms with Crippen LogP contribution in [0.5, 0.6) is 0 Å². The van der Waals surface area contributed by atoms with Crippen LogP contribution in [0.3, 0.4) is 0 Å². The van der Waals surface area contributed by atoms with Crippen LogP contribution < -0.4 is 0 Å². The van der Waals surface area contributed by atoms with Crippen molar-refractivity contribution < 1.29 is 9.00 Å². The van der Waals surface area contributed by atoms with Crippen molar-refractivity contribution in [3.8, 4) is 0 Å². The Morgan fingerprint density at radius 3 is 2.60 bits per heavy atom. The van der Waals surface area contributed by atoms with Gasteiger partial charge >= 0.3 is 0 Å². The van der Waals surface area contributed by atoms with Crippen molar-refractivity contribution in [3.63, 3.8) is 0 Å². The number of rotatable bonds is 5. The number of nitrogens with zero attached hydrogens (tertiary/aromatic N) is 1. The molecule has 0 N–H and O–H groups in total. The molecule has 0 aliphatic carbocycles. The van der Waals surface area contributed by atoms with E-state index >= 15 is 0 Å². The van der Waals surface area contributed by atoms with E-state index in [1.807, 2.05) is 26.8 Å². The molecule has 4 heteroatoms. The Labute approximate surface area is 92.9 Å². The predicted molar refractivity (Wildman–Crippen MR) is 62.8 cm³/mol. The topological polar surface area (TPSA) is 39.1 Å². The number of aldehydes is 1. The third kappa shape index (κ3) is 2.78. The first-order chi connectivity index (χ1) is 7.10. The zero-order chi connectivity index (χ0) is 11.4. The van der Waals surface area contributed by atoms with E-state index < -0.39 is 10.8 Å². The molecule has 0 saturated heterocycles. The van der Waals surface area contributed by atoms with E-state index in [2.05, 4.69) is 4.57 Å². The van der Waals surface area contributed by atoms with Crippen molar-refractivity contribution in [3.05, 3.63) is 23.0 Å². The second-order valence-electron chi connectivity index (χ2n) is 3.53. The molecule has 1 unspecified atom stereocenters. The molecule has 0 aliphatic heterocycles. The summed E-state index contributed by atoms with van der Waals surface area (Å²) < 4.78 is 13.4. The van der Waals surface area contributed by atoms with E-state index in [-0.39, 0.29) is 0 Å². The fourth-order valence-electron chi connectivity index (χ4n) is 1.63. The fraction of sp³-hybridized carbons (Fsp3) is 0.545. The summed E-state index contributed by atoms with van der Waals surface area (Å²) in [6.07, 6.45) is 0.871. The van der Waals surface area contributed by atoms with Crippen LogP contribution in [0.25, 0.3) is 0 Å². The molecule has 0 fully saturated rings. The van der Waals surface area contributed by atoms with Crippen molar-refractivity contribution in [1.29, 1.82) is 0 Å². The Bertz CT molecular complexity index is 382. The van der Waals surface area contributed by atoms with Gasteiger partial charge < -0.3 is 4.57 Å². The molecule has 84 valence electrons. The summed E-state index contributed by atoms with van der Waals surface area (Å²) in [5, 5.41) is 0. The summed E-state index contributed by atoms with van der Waals surface area (Å²) in [4.78, 5) is 10.7. The second kappa shape index (κ2) is 5.26. The molecule has 1 heterocycles. The highest BCUT2D eigenvalue weighted by molar-refractivity contribution is 7.84. The molecule has 0 bridgehead atoms. The summed E-state index contributed by atoms with van der Waals surface area (Å²) in [5.74, 6) is 1.35. The van der Waals surface area contributed by atoms with E-state index in [0.29, 0.717) is 11.5 Å². The average Bonchev–Trinajstić information content (AvgIpc) is 2.51. The highest BCUT2D eigenvalue weighted by Crippen LogP contribution is 2.12. The lowest BCUT2D eigenvalue weighted by atomic mass is 10.3. The fourth-order valence-corrected chi connectivity index (χ4v) is 2.30. The van der Waals surface area contributed by atoms with Crippen LogP contribution >= 0.6 is 0 Å². The Morgan fingerprint density at radius 1 is 1.47 bits per heavy atom. The molecular formula is C11H17NO2S. The van der Waals surface area contributed by atoms with Crippen molar-refractivity contribution in [2.45, 2.75) is 27.3 Å². The average molecular weight is 227 g/mol. The van der Waals surface area contributed by atoms with E-state index in [1.54, 1.807) is 0 Å². The molecule has 1 atom stereocenters. The second-order valence-corrected chi connectivity index (χ2v) is 5.39. The molecule has 0 amide bonds. The summed E-state index contributed by atoms with van der Waals surface area (Å²) in [6.45, 7) is 6.54. The van der Waals surface area contributed by atoms with Crippen molar-refractivity contribution in [2.75, 3.05) is 11.5 Å². The normalized spacial score (nSPS) is 12.7. The minimum absolute atomic E-state index is 0.658. The van der Waals surface area contributed by atoms with Gasteiger partial charge in [0.25, 0.3) is 0 Å². The van der Waals surface area contributed by atoms with Gasteiger partial charge in [-0.15, -0.1) is 0 Å². The number of hydrogen-bond acceptors (Lipinski definition) is 2. The first kappa shape index (κ1) is 12.2. The lowest BCUT2D eigenvalue weighted by Gasteiger charge is -2.08. The lowest BCUT2D eigenvalue weighted by Crippen LogP contribution is -2.11. The van der Waals surface area contributed by atoms with Gasteiger partial charge in [0.15, 0.2) is 6.29 Å². The maximum Gasteiger partial charge on any atom is 0.151 e. The van der Waals surface area contributed by atoms with Crippen LogP contribution in [-0.2, 0) is 17.3 Å². The summed E-state index contributed by atoms with van der Waals surface area (Å²) in [7, 11) is -0.746. The molecule has 15 heavy (non-hydrogen) atoms. The molecule has 1 aromatic rings. The minimum Gasteiger partial charge on any atom is -0.348 e. The quantitative estimate of drug-likeness (QED) is 0.718. The number of carbonyl (C=O) groups is 1. The molecule has 3 nitrogen and oxygen atoms in total. The Morgan fingerprint density at radius 2 is 2.13 bits per heavy atom. The minimum atomic E-state index is -0.746. The predicted octanol–water partition coefficient (Wildman–Crippen LogP) is 1.69. The maximum absolute atomic E-state index is 11.3. The smallest absolute Gasteiger partial charge is 0.151 e. The first-order valence-electron chi connectivity index (χ1n) is 5.07. The number of carbonyl (C=O) groups excluding carboxylic acids is 1. The van der Waals surface area contributed by atoms with Gasteiger partial charge in [-0.2, -0.15) is 0 Å². The maximum atomic E-state index is 11.3. The first-order valence-corrected chi connectivity index (χ1v) is 6.55. The molecule has 0 saturated carbocycles. The highest BCUT2D eigenvalue weighted by Gasteiger charge is 2.08. The van der Waals surface area contributed by atoms with Gasteiger partial charge in [0.1, 0.15) is 0 Å². The van der Waals surface area contributed by atoms with Gasteiger partial charge in [-0.25, -0.2) is 0 Å². The van der Waals surface area contributed by atoms with Gasteiger partial charge in [0, 0.05) is 45.8 Å². The number of hydrogen-bond donors (Lipinski definition) is 0. The Hall–Kier alpha value is -0.900. The Kier molecular flexibility index (Phi) is 4.27. The Balaban J connectivity index is 2.80. The van der Waals surface area contributed by atoms with Gasteiger partial charge in [0.05, 0.1) is 0 Å². The molecule has 0 aliphatic rings. The zero-order valence-corrected chi connectivity index (χ0v) is 10.3. The lowest BCUT2D eigenvalue weighted by molar-refractivity contribution is 0.112. The van der Waals surface area contributed by atoms with Crippen molar-refractivity contribution in [1.82, 2.24) is 4.57 Å². The van der Waals surface area contributed by atoms with E-state index in [1.165, 1.54) is 0 Å². The zero-order valence-electron chi connectivity index (χ0n) is 9.45. The standard InChI is InChI=1S/C11H17NO2S/c1-4-15(14)6-5-12-9(2)7-11(8-13)10(12)3/h7-8H,4-6H2,1-3H3. The van der Waals surface area contributed by atoms with Gasteiger partial charge in [-0.05, 0) is 19.9 Å². The van der Waals surface area contributed by atoms with Crippen LogP contribution in [-0.4, -0.2) is 26.6 Å². The third-order valence-corrected chi connectivity index (χ3v) is 3.89. The third-order valence-electron chi connectivity index (χ3n) is 2.60. The van der Waals surface area contributed by atoms with Crippen molar-refractivity contribution >= 4 is 17.1 Å². The number of aromatic nitrogens is 1. The molecule has 0 aromatic carbocycles. The van der Waals surface area contributed by atoms with E-state index in [9.17, 15) is 9.00 Å². The van der Waals surface area contributed by atoms with Crippen LogP contribution in [0.1, 0.15) is 28.7 Å². The van der Waals surface area contributed by atoms with Gasteiger partial charge in [0.2, 0.25) is 0 Å². The van der Waals surface area contributed by atoms with Crippen LogP contribution in [0.2, 0.25) is 0 Å². The van der Waals surface area contributed by atoms with Crippen LogP contribution in [0, 0.1) is 13.8 Å². The summed E-state index contributed by atoms with van der Waals surface area (Å²) in [5.41, 5.74) is 2.76.